The molecule has 0 radical (unpaired) electrons. The third kappa shape index (κ3) is 2.73. The Morgan fingerprint density at radius 1 is 1.36 bits per heavy atom. The van der Waals surface area contributed by atoms with Crippen LogP contribution in [0, 0.1) is 18.3 Å². The lowest BCUT2D eigenvalue weighted by atomic mass is 10.1. The van der Waals surface area contributed by atoms with Gasteiger partial charge in [0, 0.05) is 12.6 Å². The summed E-state index contributed by atoms with van der Waals surface area (Å²) in [5.74, 6) is 0.778. The van der Waals surface area contributed by atoms with Crippen molar-refractivity contribution in [3.63, 3.8) is 0 Å². The molecule has 0 aliphatic heterocycles. The Balaban J connectivity index is 1.96. The summed E-state index contributed by atoms with van der Waals surface area (Å²) in [7, 11) is 1.90. The first-order chi connectivity index (χ1) is 10.6. The van der Waals surface area contributed by atoms with Gasteiger partial charge < -0.3 is 4.57 Å². The lowest BCUT2D eigenvalue weighted by Gasteiger charge is -2.03. The third-order valence-electron chi connectivity index (χ3n) is 3.03. The fraction of sp³-hybridized carbons (Fsp3) is 0.143. The van der Waals surface area contributed by atoms with Gasteiger partial charge in [-0.3, -0.25) is 0 Å². The second kappa shape index (κ2) is 6.08. The molecule has 0 amide bonds. The summed E-state index contributed by atoms with van der Waals surface area (Å²) in [6, 6.07) is 10.1. The Labute approximate surface area is 140 Å². The maximum absolute atomic E-state index is 9.13. The molecule has 110 valence electrons. The molecule has 2 heterocycles. The van der Waals surface area contributed by atoms with Crippen molar-refractivity contribution in [1.82, 2.24) is 19.1 Å². The molecule has 0 aliphatic rings. The molecule has 0 unspecified atom stereocenters. The normalized spacial score (nSPS) is 10.6. The van der Waals surface area contributed by atoms with Gasteiger partial charge in [-0.1, -0.05) is 35.4 Å². The Bertz CT molecular complexity index is 878. The van der Waals surface area contributed by atoms with E-state index in [2.05, 4.69) is 26.7 Å². The van der Waals surface area contributed by atoms with Gasteiger partial charge in [0.1, 0.15) is 15.8 Å². The molecular formula is C14H10ClN5S2. The molecule has 1 aromatic carbocycles. The van der Waals surface area contributed by atoms with Gasteiger partial charge in [-0.05, 0) is 36.3 Å². The Morgan fingerprint density at radius 2 is 2.18 bits per heavy atom. The van der Waals surface area contributed by atoms with Crippen molar-refractivity contribution in [2.75, 3.05) is 0 Å². The van der Waals surface area contributed by atoms with Crippen LogP contribution < -0.4 is 0 Å². The van der Waals surface area contributed by atoms with E-state index in [4.69, 9.17) is 16.9 Å². The Hall–Kier alpha value is -1.88. The van der Waals surface area contributed by atoms with Gasteiger partial charge in [0.25, 0.3) is 0 Å². The van der Waals surface area contributed by atoms with Crippen molar-refractivity contribution < 1.29 is 0 Å². The van der Waals surface area contributed by atoms with Gasteiger partial charge in [-0.25, -0.2) is 0 Å². The molecule has 0 saturated carbocycles. The van der Waals surface area contributed by atoms with E-state index in [1.54, 1.807) is 0 Å². The number of hydrogen-bond donors (Lipinski definition) is 0. The highest BCUT2D eigenvalue weighted by atomic mass is 35.5. The predicted molar refractivity (Wildman–Crippen MR) is 87.1 cm³/mol. The van der Waals surface area contributed by atoms with E-state index in [0.29, 0.717) is 10.7 Å². The van der Waals surface area contributed by atoms with Crippen molar-refractivity contribution in [2.45, 2.75) is 16.3 Å². The highest BCUT2D eigenvalue weighted by Gasteiger charge is 2.17. The maximum Gasteiger partial charge on any atom is 0.196 e. The third-order valence-corrected chi connectivity index (χ3v) is 5.44. The van der Waals surface area contributed by atoms with Gasteiger partial charge in [-0.2, -0.15) is 9.64 Å². The van der Waals surface area contributed by atoms with E-state index in [0.717, 1.165) is 21.2 Å². The van der Waals surface area contributed by atoms with Gasteiger partial charge in [0.05, 0.1) is 0 Å². The van der Waals surface area contributed by atoms with E-state index in [1.165, 1.54) is 23.3 Å². The molecular weight excluding hydrogens is 338 g/mol. The summed E-state index contributed by atoms with van der Waals surface area (Å²) in [6.07, 6.45) is 0. The summed E-state index contributed by atoms with van der Waals surface area (Å²) >= 11 is 8.42. The lowest BCUT2D eigenvalue weighted by molar-refractivity contribution is 0.794. The highest BCUT2D eigenvalue weighted by molar-refractivity contribution is 8.01. The van der Waals surface area contributed by atoms with Crippen LogP contribution in [0.15, 0.2) is 33.6 Å². The molecule has 22 heavy (non-hydrogen) atoms. The number of benzene rings is 1. The number of nitriles is 1. The number of rotatable bonds is 3. The zero-order valence-electron chi connectivity index (χ0n) is 11.7. The SMILES string of the molecule is Cc1cccc(-c2nnc(Sc3snc(Cl)c3C#N)n2C)c1. The van der Waals surface area contributed by atoms with Crippen LogP contribution in [0.4, 0.5) is 0 Å². The number of halogens is 1. The molecule has 5 nitrogen and oxygen atoms in total. The van der Waals surface area contributed by atoms with Crippen molar-refractivity contribution in [1.29, 1.82) is 5.26 Å². The summed E-state index contributed by atoms with van der Waals surface area (Å²) < 4.78 is 6.61. The minimum absolute atomic E-state index is 0.232. The summed E-state index contributed by atoms with van der Waals surface area (Å²) in [5.41, 5.74) is 2.55. The van der Waals surface area contributed by atoms with Gasteiger partial charge in [0.2, 0.25) is 0 Å². The lowest BCUT2D eigenvalue weighted by Crippen LogP contribution is -1.94. The van der Waals surface area contributed by atoms with E-state index in [9.17, 15) is 0 Å². The summed E-state index contributed by atoms with van der Waals surface area (Å²) in [5, 5.41) is 18.5. The topological polar surface area (TPSA) is 67.4 Å². The molecule has 0 bridgehead atoms. The van der Waals surface area contributed by atoms with Crippen LogP contribution in [-0.2, 0) is 7.05 Å². The van der Waals surface area contributed by atoms with Crippen LogP contribution in [0.1, 0.15) is 11.1 Å². The Morgan fingerprint density at radius 3 is 2.91 bits per heavy atom. The summed E-state index contributed by atoms with van der Waals surface area (Å²) in [6.45, 7) is 2.04. The number of aryl methyl sites for hydroxylation is 1. The van der Waals surface area contributed by atoms with Gasteiger partial charge in [-0.15, -0.1) is 10.2 Å². The van der Waals surface area contributed by atoms with Crippen LogP contribution in [0.5, 0.6) is 0 Å². The van der Waals surface area contributed by atoms with E-state index < -0.39 is 0 Å². The van der Waals surface area contributed by atoms with E-state index in [1.807, 2.05) is 36.7 Å². The predicted octanol–water partition coefficient (Wildman–Crippen LogP) is 3.92. The molecule has 0 saturated heterocycles. The Kier molecular flexibility index (Phi) is 4.16. The minimum atomic E-state index is 0.232. The van der Waals surface area contributed by atoms with Gasteiger partial charge in [0.15, 0.2) is 16.1 Å². The van der Waals surface area contributed by atoms with Crippen LogP contribution in [-0.4, -0.2) is 19.1 Å². The molecule has 0 spiro atoms. The average Bonchev–Trinajstić information content (AvgIpc) is 3.03. The van der Waals surface area contributed by atoms with E-state index in [-0.39, 0.29) is 5.15 Å². The monoisotopic (exact) mass is 347 g/mol. The molecule has 8 heteroatoms. The first kappa shape index (κ1) is 15.0. The number of nitrogens with zero attached hydrogens (tertiary/aromatic N) is 5. The molecule has 0 atom stereocenters. The minimum Gasteiger partial charge on any atom is -0.305 e. The van der Waals surface area contributed by atoms with Crippen LogP contribution in [0.25, 0.3) is 11.4 Å². The standard InChI is InChI=1S/C14H10ClN5S2/c1-8-4-3-5-9(6-8)12-17-18-14(20(12)2)21-13-10(7-16)11(15)19-22-13/h3-6H,1-2H3. The first-order valence-electron chi connectivity index (χ1n) is 6.29. The maximum atomic E-state index is 9.13. The highest BCUT2D eigenvalue weighted by Crippen LogP contribution is 2.36. The molecule has 0 fully saturated rings. The number of aromatic nitrogens is 4. The second-order valence-electron chi connectivity index (χ2n) is 4.58. The van der Waals surface area contributed by atoms with Crippen molar-refractivity contribution in [2.24, 2.45) is 7.05 Å². The zero-order valence-corrected chi connectivity index (χ0v) is 14.1. The second-order valence-corrected chi connectivity index (χ2v) is 6.95. The van der Waals surface area contributed by atoms with E-state index >= 15 is 0 Å². The fourth-order valence-corrected chi connectivity index (χ4v) is 3.98. The van der Waals surface area contributed by atoms with Crippen molar-refractivity contribution in [3.05, 3.63) is 40.5 Å². The largest absolute Gasteiger partial charge is 0.305 e. The van der Waals surface area contributed by atoms with Crippen LogP contribution in [0.3, 0.4) is 0 Å². The zero-order chi connectivity index (χ0) is 15.7. The van der Waals surface area contributed by atoms with Crippen LogP contribution in [0.2, 0.25) is 5.15 Å². The molecule has 2 aromatic heterocycles. The average molecular weight is 348 g/mol. The first-order valence-corrected chi connectivity index (χ1v) is 8.26. The fourth-order valence-electron chi connectivity index (χ4n) is 1.94. The quantitative estimate of drug-likeness (QED) is 0.718. The van der Waals surface area contributed by atoms with Gasteiger partial charge >= 0.3 is 0 Å². The van der Waals surface area contributed by atoms with Crippen molar-refractivity contribution in [3.8, 4) is 17.5 Å². The molecule has 3 aromatic rings. The molecule has 0 N–H and O–H groups in total. The summed E-state index contributed by atoms with van der Waals surface area (Å²) in [4.78, 5) is 0. The van der Waals surface area contributed by atoms with Crippen molar-refractivity contribution >= 4 is 34.9 Å². The number of hydrogen-bond acceptors (Lipinski definition) is 6. The molecule has 0 aliphatic carbocycles. The molecule has 3 rings (SSSR count). The van der Waals surface area contributed by atoms with Crippen LogP contribution >= 0.6 is 34.9 Å². The smallest absolute Gasteiger partial charge is 0.196 e.